The van der Waals surface area contributed by atoms with Crippen molar-refractivity contribution in [2.45, 2.75) is 88.8 Å². The summed E-state index contributed by atoms with van der Waals surface area (Å²) in [6, 6.07) is 4.28. The zero-order valence-electron chi connectivity index (χ0n) is 26.3. The molecule has 2 aliphatic heterocycles. The van der Waals surface area contributed by atoms with Crippen molar-refractivity contribution in [3.63, 3.8) is 0 Å². The zero-order chi connectivity index (χ0) is 33.7. The van der Waals surface area contributed by atoms with Gasteiger partial charge in [-0.15, -0.1) is 0 Å². The van der Waals surface area contributed by atoms with Crippen LogP contribution in [0.25, 0.3) is 5.65 Å². The number of halogens is 6. The van der Waals surface area contributed by atoms with Gasteiger partial charge in [-0.05, 0) is 56.0 Å². The second-order valence-corrected chi connectivity index (χ2v) is 13.3. The monoisotopic (exact) mass is 664 g/mol. The number of nitrogens with zero attached hydrogens (tertiary/aromatic N) is 5. The topological polar surface area (TPSA) is 73.2 Å². The summed E-state index contributed by atoms with van der Waals surface area (Å²) in [6.45, 7) is 4.46. The number of nitrogens with one attached hydrogen (secondary N) is 1. The maximum Gasteiger partial charge on any atom is 0.433 e. The molecule has 6 rings (SSSR count). The highest BCUT2D eigenvalue weighted by Gasteiger charge is 2.48. The predicted molar refractivity (Wildman–Crippen MR) is 162 cm³/mol. The number of piperazine rings is 1. The fourth-order valence-corrected chi connectivity index (χ4v) is 7.71. The number of urea groups is 1. The highest BCUT2D eigenvalue weighted by molar-refractivity contribution is 5.75. The number of hydrogen-bond acceptors (Lipinski definition) is 5. The number of carbonyl (C=O) groups excluding carboxylic acids is 1. The summed E-state index contributed by atoms with van der Waals surface area (Å²) in [5, 5.41) is 3.45. The molecule has 1 saturated carbocycles. The van der Waals surface area contributed by atoms with Gasteiger partial charge in [-0.3, -0.25) is 14.1 Å². The van der Waals surface area contributed by atoms with E-state index in [4.69, 9.17) is 0 Å². The van der Waals surface area contributed by atoms with E-state index in [1.54, 1.807) is 9.80 Å². The molecule has 3 aromatic rings. The number of likely N-dealkylation sites (tertiary alicyclic amines) is 1. The van der Waals surface area contributed by atoms with E-state index in [-0.39, 0.29) is 55.5 Å². The van der Waals surface area contributed by atoms with Crippen molar-refractivity contribution in [2.75, 3.05) is 26.2 Å². The Morgan fingerprint density at radius 3 is 2.47 bits per heavy atom. The molecule has 1 spiro atoms. The van der Waals surface area contributed by atoms with Gasteiger partial charge in [0, 0.05) is 62.1 Å². The maximum absolute atomic E-state index is 15.1. The number of alkyl halides is 3. The van der Waals surface area contributed by atoms with Crippen molar-refractivity contribution in [1.82, 2.24) is 29.4 Å². The molecule has 3 fully saturated rings. The van der Waals surface area contributed by atoms with E-state index >= 15 is 4.39 Å². The first-order valence-corrected chi connectivity index (χ1v) is 16.1. The highest BCUT2D eigenvalue weighted by Crippen LogP contribution is 2.41. The van der Waals surface area contributed by atoms with Gasteiger partial charge in [0.15, 0.2) is 5.69 Å². The molecule has 2 saturated heterocycles. The number of piperidine rings is 1. The molecule has 0 radical (unpaired) electrons. The molecular weight excluding hydrogens is 626 g/mol. The van der Waals surface area contributed by atoms with Crippen LogP contribution in [0.15, 0.2) is 41.3 Å². The molecule has 2 atom stereocenters. The average Bonchev–Trinajstić information content (AvgIpc) is 3.48. The van der Waals surface area contributed by atoms with Gasteiger partial charge in [-0.25, -0.2) is 22.9 Å². The number of benzene rings is 1. The smallest absolute Gasteiger partial charge is 0.321 e. The lowest BCUT2D eigenvalue weighted by molar-refractivity contribution is -0.142. The number of pyridine rings is 1. The largest absolute Gasteiger partial charge is 0.433 e. The van der Waals surface area contributed by atoms with Crippen molar-refractivity contribution in [1.29, 1.82) is 0 Å². The summed E-state index contributed by atoms with van der Waals surface area (Å²) in [5.74, 6) is -2.00. The molecule has 1 aliphatic carbocycles. The Kier molecular flexibility index (Phi) is 9.02. The van der Waals surface area contributed by atoms with Crippen molar-refractivity contribution in [3.05, 3.63) is 81.2 Å². The number of fused-ring (bicyclic) bond motifs is 1. The third kappa shape index (κ3) is 6.58. The van der Waals surface area contributed by atoms with Crippen LogP contribution in [0.3, 0.4) is 0 Å². The fraction of sp³-hybridized carbons (Fsp3) is 0.545. The van der Waals surface area contributed by atoms with E-state index in [1.807, 2.05) is 18.7 Å². The molecule has 0 bridgehead atoms. The zero-order valence-corrected chi connectivity index (χ0v) is 26.3. The highest BCUT2D eigenvalue weighted by atomic mass is 19.4. The van der Waals surface area contributed by atoms with E-state index in [1.165, 1.54) is 0 Å². The first-order valence-electron chi connectivity index (χ1n) is 16.1. The van der Waals surface area contributed by atoms with Crippen LogP contribution in [-0.2, 0) is 12.7 Å². The van der Waals surface area contributed by atoms with E-state index in [2.05, 4.69) is 10.3 Å². The Hall–Kier alpha value is -3.65. The third-order valence-electron chi connectivity index (χ3n) is 9.83. The lowest BCUT2D eigenvalue weighted by Gasteiger charge is -2.51. The molecule has 3 aliphatic rings. The van der Waals surface area contributed by atoms with Crippen LogP contribution in [0.1, 0.15) is 75.2 Å². The van der Waals surface area contributed by atoms with Gasteiger partial charge in [0.2, 0.25) is 0 Å². The van der Waals surface area contributed by atoms with Crippen LogP contribution >= 0.6 is 0 Å². The van der Waals surface area contributed by atoms with E-state index in [9.17, 15) is 31.5 Å². The first kappa shape index (κ1) is 33.3. The fourth-order valence-electron chi connectivity index (χ4n) is 7.71. The Morgan fingerprint density at radius 2 is 1.77 bits per heavy atom. The van der Waals surface area contributed by atoms with Crippen LogP contribution in [-0.4, -0.2) is 73.9 Å². The van der Waals surface area contributed by atoms with E-state index in [0.717, 1.165) is 53.8 Å². The number of rotatable bonds is 5. The molecular formula is C33H38F6N6O2. The lowest BCUT2D eigenvalue weighted by atomic mass is 9.89. The quantitative estimate of drug-likeness (QED) is 0.345. The summed E-state index contributed by atoms with van der Waals surface area (Å²) in [6.07, 6.45) is -0.335. The minimum atomic E-state index is -4.92. The summed E-state index contributed by atoms with van der Waals surface area (Å²) in [5.41, 5.74) is -3.79. The third-order valence-corrected chi connectivity index (χ3v) is 9.83. The van der Waals surface area contributed by atoms with Gasteiger partial charge in [-0.1, -0.05) is 26.7 Å². The van der Waals surface area contributed by atoms with Gasteiger partial charge >= 0.3 is 12.2 Å². The van der Waals surface area contributed by atoms with Crippen molar-refractivity contribution < 1.29 is 31.1 Å². The Balaban J connectivity index is 1.29. The van der Waals surface area contributed by atoms with Gasteiger partial charge in [-0.2, -0.15) is 13.2 Å². The Labute approximate surface area is 268 Å². The lowest BCUT2D eigenvalue weighted by Crippen LogP contribution is -2.64. The van der Waals surface area contributed by atoms with Crippen molar-refractivity contribution >= 4 is 11.7 Å². The van der Waals surface area contributed by atoms with Crippen LogP contribution in [0.4, 0.5) is 31.1 Å². The predicted octanol–water partition coefficient (Wildman–Crippen LogP) is 5.88. The molecule has 2 amide bonds. The average molecular weight is 665 g/mol. The SMILES string of the molecule is CC(C)N[C@@H]1CCN(C(=O)N2CCN(Cc3c(C(F)(F)F)nc4ccc(F)cn4c3=O)C3(CCCC3)C2)[C@H](c2cc(F)ccc2F)C1. The van der Waals surface area contributed by atoms with Gasteiger partial charge in [0.25, 0.3) is 5.56 Å². The number of amides is 2. The van der Waals surface area contributed by atoms with Crippen LogP contribution in [0, 0.1) is 17.5 Å². The summed E-state index contributed by atoms with van der Waals surface area (Å²) >= 11 is 0. The molecule has 2 aromatic heterocycles. The molecule has 14 heteroatoms. The summed E-state index contributed by atoms with van der Waals surface area (Å²) in [4.78, 5) is 36.5. The standard InChI is InChI=1S/C33H38F6N6O2/c1-20(2)40-23-9-12-44(27(16-23)24-15-21(34)5-7-26(24)36)31(47)42-13-14-43(32(19-42)10-3-4-11-32)18-25-29(33(37,38)39)41-28-8-6-22(35)17-45(28)30(25)46/h5-8,15,17,20,23,27,40H,3-4,9-14,16,18-19H2,1-2H3/t23-,27+/m1/s1. The molecule has 8 nitrogen and oxygen atoms in total. The summed E-state index contributed by atoms with van der Waals surface area (Å²) in [7, 11) is 0. The van der Waals surface area contributed by atoms with Crippen molar-refractivity contribution in [2.24, 2.45) is 0 Å². The number of aromatic nitrogens is 2. The van der Waals surface area contributed by atoms with Gasteiger partial charge in [0.1, 0.15) is 23.1 Å². The molecule has 47 heavy (non-hydrogen) atoms. The van der Waals surface area contributed by atoms with Gasteiger partial charge in [0.05, 0.1) is 11.6 Å². The van der Waals surface area contributed by atoms with Gasteiger partial charge < -0.3 is 15.1 Å². The molecule has 1 N–H and O–H groups in total. The van der Waals surface area contributed by atoms with Crippen molar-refractivity contribution in [3.8, 4) is 0 Å². The van der Waals surface area contributed by atoms with E-state index < -0.39 is 52.0 Å². The first-order chi connectivity index (χ1) is 22.3. The normalized spacial score (nSPS) is 22.1. The Morgan fingerprint density at radius 1 is 1.04 bits per heavy atom. The minimum Gasteiger partial charge on any atom is -0.321 e. The molecule has 1 aromatic carbocycles. The number of carbonyl (C=O) groups is 1. The van der Waals surface area contributed by atoms with E-state index in [0.29, 0.717) is 32.2 Å². The molecule has 0 unspecified atom stereocenters. The minimum absolute atomic E-state index is 0.0178. The van der Waals surface area contributed by atoms with Crippen LogP contribution in [0.2, 0.25) is 0 Å². The second kappa shape index (κ2) is 12.8. The van der Waals surface area contributed by atoms with Crippen LogP contribution in [0.5, 0.6) is 0 Å². The maximum atomic E-state index is 15.1. The Bertz CT molecular complexity index is 1710. The molecule has 254 valence electrons. The van der Waals surface area contributed by atoms with Crippen LogP contribution < -0.4 is 10.9 Å². The summed E-state index contributed by atoms with van der Waals surface area (Å²) < 4.78 is 87.0. The second-order valence-electron chi connectivity index (χ2n) is 13.3. The number of hydrogen-bond donors (Lipinski definition) is 1. The molecule has 4 heterocycles.